The Morgan fingerprint density at radius 1 is 1.07 bits per heavy atom. The molecule has 29 heavy (non-hydrogen) atoms. The van der Waals surface area contributed by atoms with Gasteiger partial charge in [0, 0.05) is 5.56 Å². The largest absolute Gasteiger partial charge is 0.491 e. The van der Waals surface area contributed by atoms with Gasteiger partial charge < -0.3 is 9.84 Å². The van der Waals surface area contributed by atoms with E-state index in [0.717, 1.165) is 0 Å². The molecular formula is C17H8F6N2O4. The average Bonchev–Trinajstić information content (AvgIpc) is 2.68. The van der Waals surface area contributed by atoms with E-state index in [9.17, 15) is 41.0 Å². The molecule has 0 aliphatic rings. The number of carbonyl (C=O) groups is 1. The molecule has 0 aliphatic heterocycles. The van der Waals surface area contributed by atoms with Gasteiger partial charge in [-0.15, -0.1) is 0 Å². The highest BCUT2D eigenvalue weighted by atomic mass is 19.2. The predicted octanol–water partition coefficient (Wildman–Crippen LogP) is 3.08. The Morgan fingerprint density at radius 3 is 2.17 bits per heavy atom. The molecular weight excluding hydrogens is 410 g/mol. The lowest BCUT2D eigenvalue weighted by Crippen LogP contribution is -2.25. The maximum absolute atomic E-state index is 14.3. The summed E-state index contributed by atoms with van der Waals surface area (Å²) < 4.78 is 87.8. The Labute approximate surface area is 156 Å². The van der Waals surface area contributed by atoms with Crippen LogP contribution in [-0.2, 0) is 4.74 Å². The van der Waals surface area contributed by atoms with Gasteiger partial charge in [-0.3, -0.25) is 9.20 Å². The van der Waals surface area contributed by atoms with E-state index in [0.29, 0.717) is 12.3 Å². The molecule has 0 unspecified atom stereocenters. The van der Waals surface area contributed by atoms with Crippen molar-refractivity contribution in [3.63, 3.8) is 0 Å². The van der Waals surface area contributed by atoms with E-state index in [1.807, 2.05) is 0 Å². The first-order chi connectivity index (χ1) is 13.6. The zero-order chi connectivity index (χ0) is 21.6. The van der Waals surface area contributed by atoms with Crippen LogP contribution in [0.1, 0.15) is 17.3 Å². The fraction of sp³-hybridized carbons (Fsp3) is 0.118. The van der Waals surface area contributed by atoms with Gasteiger partial charge in [-0.05, 0) is 13.0 Å². The molecule has 12 heteroatoms. The van der Waals surface area contributed by atoms with Crippen molar-refractivity contribution in [3.05, 3.63) is 63.1 Å². The highest BCUT2D eigenvalue weighted by Gasteiger charge is 2.30. The summed E-state index contributed by atoms with van der Waals surface area (Å²) in [5, 5.41) is 9.45. The summed E-state index contributed by atoms with van der Waals surface area (Å²) in [5.41, 5.74) is -5.52. The normalized spacial score (nSPS) is 11.1. The van der Waals surface area contributed by atoms with Crippen LogP contribution in [0.2, 0.25) is 0 Å². The molecule has 0 atom stereocenters. The van der Waals surface area contributed by atoms with Gasteiger partial charge in [-0.25, -0.2) is 26.7 Å². The molecule has 3 rings (SSSR count). The lowest BCUT2D eigenvalue weighted by molar-refractivity contribution is 0.0524. The highest BCUT2D eigenvalue weighted by Crippen LogP contribution is 2.34. The predicted molar refractivity (Wildman–Crippen MR) is 84.3 cm³/mol. The summed E-state index contributed by atoms with van der Waals surface area (Å²) in [6.07, 6.45) is 0.332. The van der Waals surface area contributed by atoms with E-state index in [2.05, 4.69) is 9.72 Å². The third-order valence-electron chi connectivity index (χ3n) is 3.85. The van der Waals surface area contributed by atoms with E-state index in [1.54, 1.807) is 0 Å². The Hall–Kier alpha value is -3.57. The average molecular weight is 418 g/mol. The van der Waals surface area contributed by atoms with Crippen molar-refractivity contribution >= 4 is 11.6 Å². The SMILES string of the molecule is CCOC(=O)c1cc(-c2c(F)c(F)c(F)c(F)c2F)c2nc(O)c(F)cn2c1=O. The van der Waals surface area contributed by atoms with Crippen molar-refractivity contribution in [2.45, 2.75) is 6.92 Å². The van der Waals surface area contributed by atoms with Gasteiger partial charge in [0.1, 0.15) is 5.56 Å². The Balaban J connectivity index is 2.55. The number of carbonyl (C=O) groups excluding carboxylic acids is 1. The molecule has 6 nitrogen and oxygen atoms in total. The van der Waals surface area contributed by atoms with Crippen LogP contribution in [0.3, 0.4) is 0 Å². The van der Waals surface area contributed by atoms with Gasteiger partial charge >= 0.3 is 5.97 Å². The molecule has 1 aromatic carbocycles. The zero-order valence-electron chi connectivity index (χ0n) is 14.2. The van der Waals surface area contributed by atoms with E-state index >= 15 is 0 Å². The highest BCUT2D eigenvalue weighted by molar-refractivity contribution is 5.93. The third kappa shape index (κ3) is 3.05. The van der Waals surface area contributed by atoms with Crippen LogP contribution in [0.5, 0.6) is 5.88 Å². The monoisotopic (exact) mass is 418 g/mol. The van der Waals surface area contributed by atoms with Crippen LogP contribution in [0.25, 0.3) is 16.8 Å². The summed E-state index contributed by atoms with van der Waals surface area (Å²) in [5.74, 6) is -15.7. The van der Waals surface area contributed by atoms with Crippen molar-refractivity contribution in [3.8, 4) is 17.0 Å². The fourth-order valence-corrected chi connectivity index (χ4v) is 2.57. The number of benzene rings is 1. The number of hydrogen-bond donors (Lipinski definition) is 1. The molecule has 2 aromatic heterocycles. The van der Waals surface area contributed by atoms with Crippen molar-refractivity contribution in [1.29, 1.82) is 0 Å². The standard InChI is InChI=1S/C17H8F6N2O4/c1-2-29-17(28)6-3-5(8-9(19)11(21)13(23)12(22)10(8)20)14-24-15(26)7(18)4-25(14)16(6)27/h3-4H,2H2,1H3,(H,24,26). The number of nitrogens with zero attached hydrogens (tertiary/aromatic N) is 2. The first-order valence-corrected chi connectivity index (χ1v) is 7.73. The lowest BCUT2D eigenvalue weighted by Gasteiger charge is -2.13. The Morgan fingerprint density at radius 2 is 1.62 bits per heavy atom. The number of aromatic hydroxyl groups is 1. The van der Waals surface area contributed by atoms with Crippen molar-refractivity contribution < 1.29 is 41.0 Å². The molecule has 0 fully saturated rings. The van der Waals surface area contributed by atoms with E-state index in [-0.39, 0.29) is 11.0 Å². The smallest absolute Gasteiger partial charge is 0.343 e. The van der Waals surface area contributed by atoms with Crippen molar-refractivity contribution in [2.24, 2.45) is 0 Å². The first kappa shape index (κ1) is 20.2. The van der Waals surface area contributed by atoms with Crippen molar-refractivity contribution in [1.82, 2.24) is 9.38 Å². The number of aromatic nitrogens is 2. The van der Waals surface area contributed by atoms with Crippen LogP contribution in [0.4, 0.5) is 26.3 Å². The number of fused-ring (bicyclic) bond motifs is 1. The molecule has 0 spiro atoms. The zero-order valence-corrected chi connectivity index (χ0v) is 14.2. The summed E-state index contributed by atoms with van der Waals surface area (Å²) >= 11 is 0. The molecule has 0 radical (unpaired) electrons. The maximum atomic E-state index is 14.3. The summed E-state index contributed by atoms with van der Waals surface area (Å²) in [7, 11) is 0. The van der Waals surface area contributed by atoms with Gasteiger partial charge in [0.15, 0.2) is 28.9 Å². The fourth-order valence-electron chi connectivity index (χ4n) is 2.57. The molecule has 3 aromatic rings. The van der Waals surface area contributed by atoms with Crippen LogP contribution in [0.15, 0.2) is 17.1 Å². The van der Waals surface area contributed by atoms with Gasteiger partial charge in [-0.1, -0.05) is 0 Å². The second-order valence-electron chi connectivity index (χ2n) is 5.55. The second-order valence-corrected chi connectivity index (χ2v) is 5.55. The molecule has 0 amide bonds. The summed E-state index contributed by atoms with van der Waals surface area (Å²) in [6, 6.07) is 0.484. The van der Waals surface area contributed by atoms with Crippen LogP contribution in [-0.4, -0.2) is 27.1 Å². The number of esters is 1. The van der Waals surface area contributed by atoms with Gasteiger partial charge in [-0.2, -0.15) is 9.37 Å². The van der Waals surface area contributed by atoms with Crippen LogP contribution < -0.4 is 5.56 Å². The summed E-state index contributed by atoms with van der Waals surface area (Å²) in [4.78, 5) is 27.7. The Bertz CT molecular complexity index is 1210. The second kappa shape index (κ2) is 7.11. The summed E-state index contributed by atoms with van der Waals surface area (Å²) in [6.45, 7) is 1.15. The lowest BCUT2D eigenvalue weighted by atomic mass is 10.0. The van der Waals surface area contributed by atoms with Gasteiger partial charge in [0.05, 0.1) is 18.4 Å². The van der Waals surface area contributed by atoms with Crippen LogP contribution in [0, 0.1) is 34.9 Å². The van der Waals surface area contributed by atoms with E-state index < -0.39 is 74.6 Å². The van der Waals surface area contributed by atoms with Gasteiger partial charge in [0.2, 0.25) is 11.6 Å². The first-order valence-electron chi connectivity index (χ1n) is 7.73. The molecule has 152 valence electrons. The van der Waals surface area contributed by atoms with Crippen molar-refractivity contribution in [2.75, 3.05) is 6.61 Å². The minimum absolute atomic E-state index is 0.221. The molecule has 0 saturated carbocycles. The number of hydrogen-bond acceptors (Lipinski definition) is 5. The quantitative estimate of drug-likeness (QED) is 0.306. The third-order valence-corrected chi connectivity index (χ3v) is 3.85. The molecule has 0 bridgehead atoms. The number of ether oxygens (including phenoxy) is 1. The number of pyridine rings is 1. The number of halogens is 6. The van der Waals surface area contributed by atoms with E-state index in [1.165, 1.54) is 6.92 Å². The van der Waals surface area contributed by atoms with Crippen LogP contribution >= 0.6 is 0 Å². The van der Waals surface area contributed by atoms with Gasteiger partial charge in [0.25, 0.3) is 11.4 Å². The topological polar surface area (TPSA) is 80.9 Å². The maximum Gasteiger partial charge on any atom is 0.343 e. The minimum Gasteiger partial charge on any atom is -0.491 e. The molecule has 0 saturated heterocycles. The van der Waals surface area contributed by atoms with E-state index in [4.69, 9.17) is 0 Å². The molecule has 2 heterocycles. The Kier molecular flexibility index (Phi) is 4.95. The molecule has 1 N–H and O–H groups in total. The number of rotatable bonds is 3. The minimum atomic E-state index is -2.44. The molecule has 0 aliphatic carbocycles.